The van der Waals surface area contributed by atoms with Crippen LogP contribution in [-0.2, 0) is 16.1 Å². The first-order valence-corrected chi connectivity index (χ1v) is 9.09. The minimum atomic E-state index is -0.285. The molecule has 3 aromatic rings. The highest BCUT2D eigenvalue weighted by atomic mass is 16.5. The Balaban J connectivity index is 1.38. The van der Waals surface area contributed by atoms with Crippen LogP contribution in [0.5, 0.6) is 5.75 Å². The van der Waals surface area contributed by atoms with Crippen molar-refractivity contribution in [2.24, 2.45) is 0 Å². The van der Waals surface area contributed by atoms with E-state index in [1.54, 1.807) is 30.0 Å². The van der Waals surface area contributed by atoms with Crippen LogP contribution in [-0.4, -0.2) is 35.2 Å². The number of benzene rings is 1. The van der Waals surface area contributed by atoms with Crippen molar-refractivity contribution >= 4 is 17.9 Å². The normalized spacial score (nSPS) is 10.8. The van der Waals surface area contributed by atoms with Crippen LogP contribution in [0.4, 0.5) is 0 Å². The maximum atomic E-state index is 11.9. The standard InChI is InChI=1S/C21H22N4O4/c1-28-18-6-4-17(5-7-18)25-13-11-16(24-25)15-23-21(27)10-12-22-20(26)9-8-19-3-2-14-29-19/h2-9,11,13-14H,10,12,15H2,1H3,(H,22,26)(H,23,27)/b9-8+. The predicted molar refractivity (Wildman–Crippen MR) is 107 cm³/mol. The largest absolute Gasteiger partial charge is 0.497 e. The van der Waals surface area contributed by atoms with Crippen LogP contribution >= 0.6 is 0 Å². The second-order valence-electron chi connectivity index (χ2n) is 6.12. The van der Waals surface area contributed by atoms with Gasteiger partial charge in [-0.25, -0.2) is 4.68 Å². The van der Waals surface area contributed by atoms with Gasteiger partial charge in [0.1, 0.15) is 11.5 Å². The van der Waals surface area contributed by atoms with Gasteiger partial charge in [-0.2, -0.15) is 5.10 Å². The summed E-state index contributed by atoms with van der Waals surface area (Å²) >= 11 is 0. The van der Waals surface area contributed by atoms with Gasteiger partial charge < -0.3 is 19.8 Å². The summed E-state index contributed by atoms with van der Waals surface area (Å²) in [6, 6.07) is 12.8. The van der Waals surface area contributed by atoms with Crippen LogP contribution in [0, 0.1) is 0 Å². The predicted octanol–water partition coefficient (Wildman–Crippen LogP) is 2.31. The Kier molecular flexibility index (Phi) is 6.83. The van der Waals surface area contributed by atoms with Gasteiger partial charge in [-0.3, -0.25) is 9.59 Å². The van der Waals surface area contributed by atoms with Crippen molar-refractivity contribution in [1.29, 1.82) is 0 Å². The highest BCUT2D eigenvalue weighted by Gasteiger charge is 2.06. The molecule has 0 aliphatic heterocycles. The third kappa shape index (κ3) is 6.10. The second kappa shape index (κ2) is 9.93. The molecule has 0 bridgehead atoms. The summed E-state index contributed by atoms with van der Waals surface area (Å²) in [5.74, 6) is 0.913. The summed E-state index contributed by atoms with van der Waals surface area (Å²) in [4.78, 5) is 23.6. The Morgan fingerprint density at radius 2 is 2.00 bits per heavy atom. The molecule has 0 fully saturated rings. The Hall–Kier alpha value is -3.81. The van der Waals surface area contributed by atoms with Gasteiger partial charge in [0, 0.05) is 25.2 Å². The molecule has 0 saturated carbocycles. The molecule has 3 rings (SSSR count). The molecule has 0 atom stereocenters. The number of nitrogens with zero attached hydrogens (tertiary/aromatic N) is 2. The van der Waals surface area contributed by atoms with E-state index in [1.807, 2.05) is 36.5 Å². The molecule has 1 aromatic carbocycles. The summed E-state index contributed by atoms with van der Waals surface area (Å²) in [6.45, 7) is 0.557. The van der Waals surface area contributed by atoms with Gasteiger partial charge in [-0.15, -0.1) is 0 Å². The molecule has 0 radical (unpaired) electrons. The first-order valence-electron chi connectivity index (χ1n) is 9.09. The lowest BCUT2D eigenvalue weighted by molar-refractivity contribution is -0.121. The number of ether oxygens (including phenoxy) is 1. The van der Waals surface area contributed by atoms with Gasteiger partial charge in [-0.1, -0.05) is 0 Å². The Morgan fingerprint density at radius 1 is 1.17 bits per heavy atom. The molecule has 29 heavy (non-hydrogen) atoms. The van der Waals surface area contributed by atoms with E-state index in [1.165, 1.54) is 12.3 Å². The van der Waals surface area contributed by atoms with E-state index < -0.39 is 0 Å². The SMILES string of the molecule is COc1ccc(-n2ccc(CNC(=O)CCNC(=O)/C=C/c3ccco3)n2)cc1. The molecule has 0 aliphatic carbocycles. The molecule has 0 unspecified atom stereocenters. The molecule has 2 amide bonds. The van der Waals surface area contributed by atoms with E-state index >= 15 is 0 Å². The first-order chi connectivity index (χ1) is 14.1. The number of hydrogen-bond acceptors (Lipinski definition) is 5. The van der Waals surface area contributed by atoms with Gasteiger partial charge in [0.05, 0.1) is 31.3 Å². The molecule has 0 aliphatic rings. The summed E-state index contributed by atoms with van der Waals surface area (Å²) in [5.41, 5.74) is 1.63. The average molecular weight is 394 g/mol. The lowest BCUT2D eigenvalue weighted by atomic mass is 10.3. The maximum Gasteiger partial charge on any atom is 0.244 e. The molecule has 2 aromatic heterocycles. The van der Waals surface area contributed by atoms with Crippen LogP contribution in [0.2, 0.25) is 0 Å². The van der Waals surface area contributed by atoms with Crippen LogP contribution in [0.1, 0.15) is 17.9 Å². The number of hydrogen-bond donors (Lipinski definition) is 2. The van der Waals surface area contributed by atoms with Crippen molar-refractivity contribution in [2.75, 3.05) is 13.7 Å². The zero-order chi connectivity index (χ0) is 20.5. The summed E-state index contributed by atoms with van der Waals surface area (Å²) in [7, 11) is 1.62. The smallest absolute Gasteiger partial charge is 0.244 e. The van der Waals surface area contributed by atoms with E-state index in [-0.39, 0.29) is 24.8 Å². The van der Waals surface area contributed by atoms with E-state index in [0.29, 0.717) is 12.3 Å². The van der Waals surface area contributed by atoms with Crippen molar-refractivity contribution in [3.05, 3.63) is 72.5 Å². The molecular formula is C21H22N4O4. The minimum Gasteiger partial charge on any atom is -0.497 e. The zero-order valence-corrected chi connectivity index (χ0v) is 16.0. The van der Waals surface area contributed by atoms with E-state index in [4.69, 9.17) is 9.15 Å². The molecule has 0 saturated heterocycles. The lowest BCUT2D eigenvalue weighted by Crippen LogP contribution is -2.29. The van der Waals surface area contributed by atoms with Crippen molar-refractivity contribution < 1.29 is 18.7 Å². The number of carbonyl (C=O) groups excluding carboxylic acids is 2. The molecule has 0 spiro atoms. The van der Waals surface area contributed by atoms with Crippen LogP contribution in [0.25, 0.3) is 11.8 Å². The fourth-order valence-electron chi connectivity index (χ4n) is 2.51. The van der Waals surface area contributed by atoms with Gasteiger partial charge in [0.25, 0.3) is 0 Å². The van der Waals surface area contributed by atoms with E-state index in [2.05, 4.69) is 15.7 Å². The number of furan rings is 1. The van der Waals surface area contributed by atoms with Gasteiger partial charge >= 0.3 is 0 Å². The number of aromatic nitrogens is 2. The monoisotopic (exact) mass is 394 g/mol. The number of rotatable bonds is 9. The zero-order valence-electron chi connectivity index (χ0n) is 16.0. The third-order valence-electron chi connectivity index (χ3n) is 4.04. The third-order valence-corrected chi connectivity index (χ3v) is 4.04. The van der Waals surface area contributed by atoms with E-state index in [0.717, 1.165) is 17.1 Å². The summed E-state index contributed by atoms with van der Waals surface area (Å²) in [5, 5.41) is 9.88. The van der Waals surface area contributed by atoms with Crippen LogP contribution in [0.3, 0.4) is 0 Å². The van der Waals surface area contributed by atoms with Gasteiger partial charge in [0.2, 0.25) is 11.8 Å². The van der Waals surface area contributed by atoms with Crippen molar-refractivity contribution in [3.8, 4) is 11.4 Å². The van der Waals surface area contributed by atoms with E-state index in [9.17, 15) is 9.59 Å². The quantitative estimate of drug-likeness (QED) is 0.543. The molecular weight excluding hydrogens is 372 g/mol. The highest BCUT2D eigenvalue weighted by Crippen LogP contribution is 2.14. The molecule has 2 N–H and O–H groups in total. The Bertz CT molecular complexity index is 959. The molecule has 2 heterocycles. The van der Waals surface area contributed by atoms with Gasteiger partial charge in [-0.05, 0) is 48.5 Å². The number of nitrogens with one attached hydrogen (secondary N) is 2. The Labute approximate surface area is 168 Å². The maximum absolute atomic E-state index is 11.9. The number of methoxy groups -OCH3 is 1. The van der Waals surface area contributed by atoms with Crippen LogP contribution < -0.4 is 15.4 Å². The van der Waals surface area contributed by atoms with Crippen LogP contribution in [0.15, 0.2) is 65.4 Å². The molecule has 150 valence electrons. The van der Waals surface area contributed by atoms with Crippen molar-refractivity contribution in [3.63, 3.8) is 0 Å². The summed E-state index contributed by atoms with van der Waals surface area (Å²) in [6.07, 6.45) is 6.47. The minimum absolute atomic E-state index is 0.167. The number of carbonyl (C=O) groups is 2. The first kappa shape index (κ1) is 19.9. The lowest BCUT2D eigenvalue weighted by Gasteiger charge is -2.05. The number of amides is 2. The van der Waals surface area contributed by atoms with Crippen molar-refractivity contribution in [1.82, 2.24) is 20.4 Å². The highest BCUT2D eigenvalue weighted by molar-refractivity contribution is 5.91. The fourth-order valence-corrected chi connectivity index (χ4v) is 2.51. The topological polar surface area (TPSA) is 98.4 Å². The molecule has 8 nitrogen and oxygen atoms in total. The second-order valence-corrected chi connectivity index (χ2v) is 6.12. The van der Waals surface area contributed by atoms with Crippen molar-refractivity contribution in [2.45, 2.75) is 13.0 Å². The Morgan fingerprint density at radius 3 is 2.72 bits per heavy atom. The summed E-state index contributed by atoms with van der Waals surface area (Å²) < 4.78 is 12.0. The fraction of sp³-hybridized carbons (Fsp3) is 0.190. The van der Waals surface area contributed by atoms with Gasteiger partial charge in [0.15, 0.2) is 0 Å². The average Bonchev–Trinajstić information content (AvgIpc) is 3.43. The molecule has 8 heteroatoms.